The summed E-state index contributed by atoms with van der Waals surface area (Å²) in [5, 5.41) is 3.12. The highest BCUT2D eigenvalue weighted by Crippen LogP contribution is 2.32. The fourth-order valence-electron chi connectivity index (χ4n) is 3.98. The van der Waals surface area contributed by atoms with Gasteiger partial charge in [0.1, 0.15) is 0 Å². The van der Waals surface area contributed by atoms with Crippen molar-refractivity contribution in [1.29, 1.82) is 0 Å². The Morgan fingerprint density at radius 2 is 1.86 bits per heavy atom. The fraction of sp³-hybridized carbons (Fsp3) is 0.667. The second kappa shape index (κ2) is 10.6. The Bertz CT molecular complexity index is 626. The van der Waals surface area contributed by atoms with Crippen molar-refractivity contribution in [3.8, 4) is 11.5 Å². The van der Waals surface area contributed by atoms with Gasteiger partial charge in [0.15, 0.2) is 11.5 Å². The number of morpholine rings is 1. The summed E-state index contributed by atoms with van der Waals surface area (Å²) in [4.78, 5) is 17.2. The van der Waals surface area contributed by atoms with Crippen molar-refractivity contribution in [2.24, 2.45) is 5.92 Å². The van der Waals surface area contributed by atoms with Gasteiger partial charge < -0.3 is 19.5 Å². The van der Waals surface area contributed by atoms with Crippen molar-refractivity contribution in [2.45, 2.75) is 19.4 Å². The predicted octanol–water partition coefficient (Wildman–Crippen LogP) is 1.36. The van der Waals surface area contributed by atoms with Gasteiger partial charge in [-0.25, -0.2) is 0 Å². The number of nitrogens with one attached hydrogen (secondary N) is 1. The first kappa shape index (κ1) is 20.9. The van der Waals surface area contributed by atoms with Crippen LogP contribution in [-0.4, -0.2) is 82.4 Å². The van der Waals surface area contributed by atoms with Crippen molar-refractivity contribution < 1.29 is 19.0 Å². The number of hydrogen-bond acceptors (Lipinski definition) is 6. The summed E-state index contributed by atoms with van der Waals surface area (Å²) < 4.78 is 16.3. The van der Waals surface area contributed by atoms with E-state index in [2.05, 4.69) is 21.2 Å². The Morgan fingerprint density at radius 3 is 2.54 bits per heavy atom. The highest BCUT2D eigenvalue weighted by atomic mass is 16.5. The summed E-state index contributed by atoms with van der Waals surface area (Å²) in [5.41, 5.74) is 1.12. The number of carbonyl (C=O) groups is 1. The predicted molar refractivity (Wildman–Crippen MR) is 108 cm³/mol. The lowest BCUT2D eigenvalue weighted by molar-refractivity contribution is -0.126. The summed E-state index contributed by atoms with van der Waals surface area (Å²) in [5.74, 6) is 1.88. The molecule has 0 aromatic heterocycles. The van der Waals surface area contributed by atoms with E-state index >= 15 is 0 Å². The molecule has 2 heterocycles. The second-order valence-electron chi connectivity index (χ2n) is 7.45. The lowest BCUT2D eigenvalue weighted by Crippen LogP contribution is -2.44. The Hall–Kier alpha value is -1.83. The second-order valence-corrected chi connectivity index (χ2v) is 7.45. The molecule has 7 nitrogen and oxygen atoms in total. The zero-order valence-electron chi connectivity index (χ0n) is 17.1. The summed E-state index contributed by atoms with van der Waals surface area (Å²) in [7, 11) is 3.33. The van der Waals surface area contributed by atoms with Crippen LogP contribution in [-0.2, 0) is 16.1 Å². The topological polar surface area (TPSA) is 63.3 Å². The van der Waals surface area contributed by atoms with Crippen LogP contribution in [0.1, 0.15) is 18.4 Å². The average molecular weight is 392 g/mol. The molecule has 0 aliphatic carbocycles. The number of piperidine rings is 1. The van der Waals surface area contributed by atoms with Gasteiger partial charge >= 0.3 is 0 Å². The minimum Gasteiger partial charge on any atom is -0.493 e. The number of amides is 1. The van der Waals surface area contributed by atoms with Gasteiger partial charge in [0.25, 0.3) is 0 Å². The Balaban J connectivity index is 1.41. The number of benzene rings is 1. The highest BCUT2D eigenvalue weighted by molar-refractivity contribution is 5.78. The van der Waals surface area contributed by atoms with Gasteiger partial charge in [-0.15, -0.1) is 0 Å². The molecule has 1 aromatic rings. The van der Waals surface area contributed by atoms with E-state index in [0.717, 1.165) is 88.9 Å². The Kier molecular flexibility index (Phi) is 7.94. The number of nitrogens with zero attached hydrogens (tertiary/aromatic N) is 2. The fourth-order valence-corrected chi connectivity index (χ4v) is 3.98. The van der Waals surface area contributed by atoms with Crippen LogP contribution >= 0.6 is 0 Å². The number of hydrogen-bond donors (Lipinski definition) is 1. The molecule has 1 aromatic carbocycles. The molecule has 0 atom stereocenters. The van der Waals surface area contributed by atoms with Gasteiger partial charge in [0.05, 0.1) is 27.4 Å². The highest BCUT2D eigenvalue weighted by Gasteiger charge is 2.25. The molecule has 2 saturated heterocycles. The van der Waals surface area contributed by atoms with Crippen LogP contribution in [0.4, 0.5) is 0 Å². The van der Waals surface area contributed by atoms with Crippen molar-refractivity contribution in [3.63, 3.8) is 0 Å². The third-order valence-corrected chi connectivity index (χ3v) is 5.67. The number of methoxy groups -OCH3 is 2. The van der Waals surface area contributed by atoms with Crippen molar-refractivity contribution in [3.05, 3.63) is 23.8 Å². The summed E-state index contributed by atoms with van der Waals surface area (Å²) in [6.07, 6.45) is 1.80. The van der Waals surface area contributed by atoms with Crippen molar-refractivity contribution in [2.75, 3.05) is 66.7 Å². The number of carbonyl (C=O) groups excluding carboxylic acids is 1. The molecular weight excluding hydrogens is 358 g/mol. The van der Waals surface area contributed by atoms with Gasteiger partial charge in [0.2, 0.25) is 5.91 Å². The molecule has 1 N–H and O–H groups in total. The summed E-state index contributed by atoms with van der Waals surface area (Å²) in [6, 6.07) is 5.98. The van der Waals surface area contributed by atoms with Gasteiger partial charge in [-0.2, -0.15) is 0 Å². The lowest BCUT2D eigenvalue weighted by Gasteiger charge is -2.32. The first-order valence-corrected chi connectivity index (χ1v) is 10.2. The normalized spacial score (nSPS) is 19.4. The average Bonchev–Trinajstić information content (AvgIpc) is 2.74. The summed E-state index contributed by atoms with van der Waals surface area (Å²) in [6.45, 7) is 7.79. The molecule has 1 amide bonds. The van der Waals surface area contributed by atoms with Gasteiger partial charge in [0, 0.05) is 44.2 Å². The van der Waals surface area contributed by atoms with Crippen molar-refractivity contribution in [1.82, 2.24) is 15.1 Å². The molecule has 2 aliphatic heterocycles. The van der Waals surface area contributed by atoms with E-state index < -0.39 is 0 Å². The molecule has 28 heavy (non-hydrogen) atoms. The van der Waals surface area contributed by atoms with Crippen LogP contribution in [0.25, 0.3) is 0 Å². The van der Waals surface area contributed by atoms with E-state index in [1.807, 2.05) is 12.1 Å². The minimum absolute atomic E-state index is 0.119. The van der Waals surface area contributed by atoms with Crippen LogP contribution in [0.15, 0.2) is 18.2 Å². The van der Waals surface area contributed by atoms with E-state index in [9.17, 15) is 4.79 Å². The lowest BCUT2D eigenvalue weighted by atomic mass is 9.95. The van der Waals surface area contributed by atoms with Crippen LogP contribution in [0.2, 0.25) is 0 Å². The van der Waals surface area contributed by atoms with Crippen LogP contribution < -0.4 is 14.8 Å². The largest absolute Gasteiger partial charge is 0.493 e. The maximum absolute atomic E-state index is 12.5. The molecule has 0 spiro atoms. The minimum atomic E-state index is 0.119. The van der Waals surface area contributed by atoms with E-state index in [0.29, 0.717) is 0 Å². The first-order chi connectivity index (χ1) is 13.7. The third-order valence-electron chi connectivity index (χ3n) is 5.67. The van der Waals surface area contributed by atoms with E-state index in [4.69, 9.17) is 14.2 Å². The van der Waals surface area contributed by atoms with Crippen LogP contribution in [0.5, 0.6) is 11.5 Å². The molecule has 7 heteroatoms. The quantitative estimate of drug-likeness (QED) is 0.722. The molecule has 0 bridgehead atoms. The molecular formula is C21H33N3O4. The number of ether oxygens (including phenoxy) is 3. The van der Waals surface area contributed by atoms with E-state index in [-0.39, 0.29) is 11.8 Å². The van der Waals surface area contributed by atoms with Crippen LogP contribution in [0.3, 0.4) is 0 Å². The molecule has 3 rings (SSSR count). The molecule has 2 aliphatic rings. The van der Waals surface area contributed by atoms with E-state index in [1.165, 1.54) is 0 Å². The zero-order chi connectivity index (χ0) is 19.8. The maximum Gasteiger partial charge on any atom is 0.223 e. The molecule has 0 unspecified atom stereocenters. The molecule has 156 valence electrons. The zero-order valence-corrected chi connectivity index (χ0v) is 17.1. The number of rotatable bonds is 8. The maximum atomic E-state index is 12.5. The number of likely N-dealkylation sites (tertiary alicyclic amines) is 1. The first-order valence-electron chi connectivity index (χ1n) is 10.2. The van der Waals surface area contributed by atoms with Gasteiger partial charge in [-0.1, -0.05) is 12.1 Å². The van der Waals surface area contributed by atoms with E-state index in [1.54, 1.807) is 14.2 Å². The van der Waals surface area contributed by atoms with Gasteiger partial charge in [-0.3, -0.25) is 14.6 Å². The monoisotopic (exact) mass is 391 g/mol. The Morgan fingerprint density at radius 1 is 1.11 bits per heavy atom. The van der Waals surface area contributed by atoms with Crippen LogP contribution in [0, 0.1) is 5.92 Å². The standard InChI is InChI=1S/C21H33N3O4/c1-26-19-5-3-4-18(20(19)27-2)16-24-9-6-17(7-10-24)21(25)22-8-11-23-12-14-28-15-13-23/h3-5,17H,6-16H2,1-2H3,(H,22,25). The smallest absolute Gasteiger partial charge is 0.223 e. The number of para-hydroxylation sites is 1. The summed E-state index contributed by atoms with van der Waals surface area (Å²) >= 11 is 0. The third kappa shape index (κ3) is 5.59. The molecule has 0 saturated carbocycles. The molecule has 0 radical (unpaired) electrons. The van der Waals surface area contributed by atoms with Crippen molar-refractivity contribution >= 4 is 5.91 Å². The SMILES string of the molecule is COc1cccc(CN2CCC(C(=O)NCCN3CCOCC3)CC2)c1OC. The molecule has 2 fully saturated rings. The Labute approximate surface area is 167 Å². The van der Waals surface area contributed by atoms with Gasteiger partial charge in [-0.05, 0) is 32.0 Å².